The molecular formula is C31H46O18S2. The second-order valence-corrected chi connectivity index (χ2v) is 17.4. The number of fused-ring (bicyclic) bond motifs is 3. The van der Waals surface area contributed by atoms with Crippen molar-refractivity contribution < 1.29 is 83.3 Å². The lowest BCUT2D eigenvalue weighted by Gasteiger charge is -2.64. The molecule has 0 amide bonds. The number of hydrogen-bond acceptors (Lipinski definition) is 14. The Morgan fingerprint density at radius 1 is 0.922 bits per heavy atom. The summed E-state index contributed by atoms with van der Waals surface area (Å²) in [4.78, 5) is 39.3. The van der Waals surface area contributed by atoms with Gasteiger partial charge in [-0.05, 0) is 73.2 Å². The van der Waals surface area contributed by atoms with Gasteiger partial charge in [-0.3, -0.25) is 23.5 Å². The molecule has 4 aliphatic carbocycles. The number of carboxylic acid groups (broad SMARTS) is 2. The molecule has 18 nitrogen and oxygen atoms in total. The predicted octanol–water partition coefficient (Wildman–Crippen LogP) is 1.12. The first-order valence-electron chi connectivity index (χ1n) is 16.7. The minimum Gasteiger partial charge on any atom is -0.480 e. The lowest BCUT2D eigenvalue weighted by molar-refractivity contribution is -0.318. The standard InChI is InChI=1S/C31H46O18S2/c1-14(2)9-21(33)47-24-23(49-51(42,43)44)22(48-50(39,40)41)18(13-32)46-26(24)45-17-11-29(4)19-6-5-16-10-30(19,25(34)15(16)3)8-7-20(29)31(12-17,27(35)36)28(37)38/h14,16-20,22-26,32,34H,3,5-13H2,1-2,4H3,(H,35,36)(H,37,38)(H,39,40,41)(H,42,43,44)/t16-,17+,18-,19+,20+,22-,23+,24-,25+,26-,29+,30-/m0/s1. The van der Waals surface area contributed by atoms with Crippen molar-refractivity contribution in [3.8, 4) is 0 Å². The van der Waals surface area contributed by atoms with Crippen LogP contribution in [-0.2, 0) is 57.8 Å². The molecule has 1 heterocycles. The maximum absolute atomic E-state index is 13.1. The molecule has 1 aliphatic heterocycles. The average molecular weight is 771 g/mol. The second-order valence-electron chi connectivity index (χ2n) is 15.3. The molecule has 5 aliphatic rings. The molecule has 12 atom stereocenters. The van der Waals surface area contributed by atoms with Gasteiger partial charge in [0, 0.05) is 18.3 Å². The molecule has 4 saturated carbocycles. The summed E-state index contributed by atoms with van der Waals surface area (Å²) >= 11 is 0. The van der Waals surface area contributed by atoms with E-state index in [9.17, 15) is 60.8 Å². The fraction of sp³-hybridized carbons (Fsp3) is 0.839. The highest BCUT2D eigenvalue weighted by Gasteiger charge is 2.72. The third-order valence-electron chi connectivity index (χ3n) is 12.0. The Morgan fingerprint density at radius 3 is 2.08 bits per heavy atom. The van der Waals surface area contributed by atoms with Gasteiger partial charge in [-0.25, -0.2) is 8.37 Å². The van der Waals surface area contributed by atoms with E-state index in [0.29, 0.717) is 31.3 Å². The number of rotatable bonds is 12. The van der Waals surface area contributed by atoms with Crippen molar-refractivity contribution >= 4 is 38.7 Å². The minimum atomic E-state index is -5.51. The summed E-state index contributed by atoms with van der Waals surface area (Å²) in [5.41, 5.74) is -3.52. The SMILES string of the molecule is C=C1[C@H]2CC[C@@H]3[C@@]4(C)C[C@@H](O[C@H]5O[C@@H](CO)[C@H](OS(=O)(=O)O)[C@@H](OS(=O)(=O)O)[C@@H]5OC(=O)CC(C)C)CC(C(=O)O)(C(=O)O)[C@@H]4CC[C@@]3(C2)[C@@H]1O. The van der Waals surface area contributed by atoms with E-state index in [1.54, 1.807) is 20.8 Å². The number of aliphatic carboxylic acids is 2. The number of hydrogen-bond donors (Lipinski definition) is 6. The van der Waals surface area contributed by atoms with Crippen LogP contribution in [0.3, 0.4) is 0 Å². The van der Waals surface area contributed by atoms with Crippen molar-refractivity contribution in [3.63, 3.8) is 0 Å². The topological polar surface area (TPSA) is 287 Å². The molecule has 0 aromatic rings. The van der Waals surface area contributed by atoms with Gasteiger partial charge in [0.25, 0.3) is 0 Å². The van der Waals surface area contributed by atoms with Gasteiger partial charge in [0.2, 0.25) is 0 Å². The van der Waals surface area contributed by atoms with Crippen LogP contribution < -0.4 is 0 Å². The zero-order chi connectivity index (χ0) is 38.1. The van der Waals surface area contributed by atoms with E-state index in [1.807, 2.05) is 0 Å². The van der Waals surface area contributed by atoms with E-state index in [0.717, 1.165) is 0 Å². The van der Waals surface area contributed by atoms with Gasteiger partial charge in [0.15, 0.2) is 23.9 Å². The van der Waals surface area contributed by atoms with Crippen LogP contribution in [0.2, 0.25) is 0 Å². The average Bonchev–Trinajstić information content (AvgIpc) is 3.16. The molecule has 0 aromatic heterocycles. The van der Waals surface area contributed by atoms with Gasteiger partial charge in [-0.15, -0.1) is 0 Å². The van der Waals surface area contributed by atoms with E-state index in [4.69, 9.17) is 18.4 Å². The number of carboxylic acids is 2. The maximum atomic E-state index is 13.1. The Labute approximate surface area is 295 Å². The van der Waals surface area contributed by atoms with E-state index in [-0.39, 0.29) is 37.0 Å². The van der Waals surface area contributed by atoms with Crippen molar-refractivity contribution in [1.82, 2.24) is 0 Å². The molecule has 0 aromatic carbocycles. The number of esters is 1. The molecule has 1 saturated heterocycles. The van der Waals surface area contributed by atoms with Gasteiger partial charge < -0.3 is 34.6 Å². The van der Waals surface area contributed by atoms with Crippen LogP contribution in [-0.4, -0.2) is 114 Å². The molecule has 2 bridgehead atoms. The monoisotopic (exact) mass is 770 g/mol. The largest absolute Gasteiger partial charge is 0.480 e. The minimum absolute atomic E-state index is 0.00133. The molecule has 0 unspecified atom stereocenters. The lowest BCUT2D eigenvalue weighted by atomic mass is 9.40. The summed E-state index contributed by atoms with van der Waals surface area (Å²) in [6.07, 6.45) is -11.5. The summed E-state index contributed by atoms with van der Waals surface area (Å²) in [6.45, 7) is 8.03. The van der Waals surface area contributed by atoms with E-state index in [2.05, 4.69) is 10.8 Å². The van der Waals surface area contributed by atoms with Crippen molar-refractivity contribution in [2.45, 2.75) is 115 Å². The van der Waals surface area contributed by atoms with Gasteiger partial charge in [-0.2, -0.15) is 16.8 Å². The molecule has 51 heavy (non-hydrogen) atoms. The summed E-state index contributed by atoms with van der Waals surface area (Å²) in [5, 5.41) is 42.9. The highest BCUT2D eigenvalue weighted by Crippen LogP contribution is 2.72. The van der Waals surface area contributed by atoms with Gasteiger partial charge in [-0.1, -0.05) is 27.4 Å². The van der Waals surface area contributed by atoms with Crippen molar-refractivity contribution in [2.24, 2.45) is 39.9 Å². The van der Waals surface area contributed by atoms with Crippen LogP contribution >= 0.6 is 0 Å². The zero-order valence-corrected chi connectivity index (χ0v) is 30.0. The van der Waals surface area contributed by atoms with Crippen LogP contribution in [0.5, 0.6) is 0 Å². The summed E-state index contributed by atoms with van der Waals surface area (Å²) < 4.78 is 93.4. The Morgan fingerprint density at radius 2 is 1.53 bits per heavy atom. The lowest BCUT2D eigenvalue weighted by Crippen LogP contribution is -2.67. The Bertz CT molecular complexity index is 1610. The molecular weight excluding hydrogens is 724 g/mol. The molecule has 6 N–H and O–H groups in total. The Kier molecular flexibility index (Phi) is 10.8. The number of aliphatic hydroxyl groups is 2. The van der Waals surface area contributed by atoms with Crippen LogP contribution in [0.25, 0.3) is 0 Å². The highest BCUT2D eigenvalue weighted by molar-refractivity contribution is 7.81. The van der Waals surface area contributed by atoms with Crippen LogP contribution in [0, 0.1) is 39.9 Å². The van der Waals surface area contributed by atoms with Gasteiger partial charge >= 0.3 is 38.7 Å². The fourth-order valence-electron chi connectivity index (χ4n) is 10.3. The van der Waals surface area contributed by atoms with Gasteiger partial charge in [0.05, 0.1) is 18.8 Å². The quantitative estimate of drug-likeness (QED) is 0.0533. The first-order chi connectivity index (χ1) is 23.5. The second kappa shape index (κ2) is 13.9. The highest BCUT2D eigenvalue weighted by atomic mass is 32.3. The summed E-state index contributed by atoms with van der Waals surface area (Å²) in [5.74, 6) is -5.84. The number of ether oxygens (including phenoxy) is 3. The molecule has 20 heteroatoms. The van der Waals surface area contributed by atoms with Gasteiger partial charge in [0.1, 0.15) is 12.2 Å². The molecule has 0 radical (unpaired) electrons. The van der Waals surface area contributed by atoms with Crippen LogP contribution in [0.15, 0.2) is 12.2 Å². The smallest absolute Gasteiger partial charge is 0.397 e. The number of carbonyl (C=O) groups is 3. The van der Waals surface area contributed by atoms with E-state index >= 15 is 0 Å². The fourth-order valence-corrected chi connectivity index (χ4v) is 11.3. The number of aliphatic hydroxyl groups excluding tert-OH is 2. The first kappa shape index (κ1) is 39.9. The van der Waals surface area contributed by atoms with Crippen molar-refractivity contribution in [1.29, 1.82) is 0 Å². The van der Waals surface area contributed by atoms with Crippen LogP contribution in [0.1, 0.15) is 72.1 Å². The van der Waals surface area contributed by atoms with E-state index < -0.39 is 117 Å². The molecule has 5 rings (SSSR count). The predicted molar refractivity (Wildman–Crippen MR) is 169 cm³/mol. The van der Waals surface area contributed by atoms with E-state index in [1.165, 1.54) is 0 Å². The normalized spacial score (nSPS) is 40.7. The number of carbonyl (C=O) groups excluding carboxylic acids is 1. The van der Waals surface area contributed by atoms with Crippen molar-refractivity contribution in [2.75, 3.05) is 6.61 Å². The van der Waals surface area contributed by atoms with Crippen LogP contribution in [0.4, 0.5) is 0 Å². The maximum Gasteiger partial charge on any atom is 0.397 e. The zero-order valence-electron chi connectivity index (χ0n) is 28.3. The Balaban J connectivity index is 1.59. The molecule has 5 fully saturated rings. The van der Waals surface area contributed by atoms with Crippen molar-refractivity contribution in [3.05, 3.63) is 12.2 Å². The molecule has 290 valence electrons. The third-order valence-corrected chi connectivity index (χ3v) is 12.9. The first-order valence-corrected chi connectivity index (χ1v) is 19.5. The summed E-state index contributed by atoms with van der Waals surface area (Å²) in [6, 6.07) is 0. The summed E-state index contributed by atoms with van der Waals surface area (Å²) in [7, 11) is -11.0. The molecule has 1 spiro atoms. The third kappa shape index (κ3) is 7.20. The Hall–Kier alpha value is -2.27.